The average Bonchev–Trinajstić information content (AvgIpc) is 2.00. The molecule has 6 heteroatoms. The summed E-state index contributed by atoms with van der Waals surface area (Å²) in [5, 5.41) is 1.60. The number of terminal acetylenes is 1. The van der Waals surface area contributed by atoms with Gasteiger partial charge in [0.15, 0.2) is 0 Å². The van der Waals surface area contributed by atoms with Crippen molar-refractivity contribution in [1.29, 1.82) is 0 Å². The van der Waals surface area contributed by atoms with Crippen molar-refractivity contribution in [2.75, 3.05) is 12.5 Å². The summed E-state index contributed by atoms with van der Waals surface area (Å²) in [4.78, 5) is 0. The van der Waals surface area contributed by atoms with Gasteiger partial charge in [-0.05, 0) is 12.5 Å². The maximum absolute atomic E-state index is 10.7. The quantitative estimate of drug-likeness (QED) is 0.367. The van der Waals surface area contributed by atoms with Crippen molar-refractivity contribution in [3.05, 3.63) is 0 Å². The van der Waals surface area contributed by atoms with E-state index >= 15 is 0 Å². The van der Waals surface area contributed by atoms with Gasteiger partial charge in [0.05, 0.1) is 0 Å². The third kappa shape index (κ3) is 4.35. The first-order chi connectivity index (χ1) is 5.05. The van der Waals surface area contributed by atoms with Gasteiger partial charge in [0.25, 0.3) is 0 Å². The normalized spacial score (nSPS) is 10.3. The van der Waals surface area contributed by atoms with Crippen LogP contribution in [0.15, 0.2) is 4.40 Å². The Morgan fingerprint density at radius 1 is 1.45 bits per heavy atom. The lowest BCUT2D eigenvalue weighted by Crippen LogP contribution is -1.93. The van der Waals surface area contributed by atoms with Crippen molar-refractivity contribution in [2.24, 2.45) is 4.40 Å². The summed E-state index contributed by atoms with van der Waals surface area (Å²) in [6.45, 7) is 0. The Balaban J connectivity index is 4.70. The van der Waals surface area contributed by atoms with Crippen molar-refractivity contribution in [3.8, 4) is 11.7 Å². The minimum Gasteiger partial charge on any atom is -0.191 e. The lowest BCUT2D eigenvalue weighted by atomic mass is 11.4. The van der Waals surface area contributed by atoms with E-state index in [-0.39, 0.29) is 0 Å². The maximum atomic E-state index is 10.7. The molecule has 0 amide bonds. The fourth-order valence-corrected chi connectivity index (χ4v) is 2.38. The number of thioether (sulfide) groups is 2. The second kappa shape index (κ2) is 4.70. The smallest absolute Gasteiger partial charge is 0.191 e. The van der Waals surface area contributed by atoms with Crippen LogP contribution in [0.4, 0.5) is 0 Å². The predicted octanol–water partition coefficient (Wildman–Crippen LogP) is 0.989. The van der Waals surface area contributed by atoms with Gasteiger partial charge in [-0.25, -0.2) is 0 Å². The Morgan fingerprint density at radius 2 is 1.91 bits per heavy atom. The number of rotatable bonds is 1. The van der Waals surface area contributed by atoms with E-state index in [4.69, 9.17) is 6.42 Å². The summed E-state index contributed by atoms with van der Waals surface area (Å²) in [5.41, 5.74) is 0. The summed E-state index contributed by atoms with van der Waals surface area (Å²) in [6, 6.07) is 0. The molecule has 0 radical (unpaired) electrons. The Labute approximate surface area is 75.1 Å². The zero-order chi connectivity index (χ0) is 8.91. The van der Waals surface area contributed by atoms with Crippen LogP contribution in [-0.4, -0.2) is 25.3 Å². The molecule has 3 nitrogen and oxygen atoms in total. The molecule has 0 saturated heterocycles. The molecule has 0 rings (SSSR count). The number of hydrogen-bond donors (Lipinski definition) is 0. The molecular formula is C5H7NO2S3. The topological polar surface area (TPSA) is 46.5 Å². The molecule has 0 spiro atoms. The highest BCUT2D eigenvalue weighted by atomic mass is 32.2. The monoisotopic (exact) mass is 209 g/mol. The molecule has 11 heavy (non-hydrogen) atoms. The zero-order valence-electron chi connectivity index (χ0n) is 6.07. The first-order valence-electron chi connectivity index (χ1n) is 2.46. The minimum absolute atomic E-state index is 0.447. The highest BCUT2D eigenvalue weighted by Gasteiger charge is 2.03. The van der Waals surface area contributed by atoms with Crippen LogP contribution < -0.4 is 0 Å². The second-order valence-corrected chi connectivity index (χ2v) is 4.58. The van der Waals surface area contributed by atoms with Crippen molar-refractivity contribution in [1.82, 2.24) is 0 Å². The molecule has 0 aliphatic carbocycles. The summed E-state index contributed by atoms with van der Waals surface area (Å²) < 4.78 is 25.1. The minimum atomic E-state index is -3.67. The maximum Gasteiger partial charge on any atom is 0.323 e. The Hall–Kier alpha value is -0.120. The summed E-state index contributed by atoms with van der Waals surface area (Å²) in [6.07, 6.45) is 8.18. The van der Waals surface area contributed by atoms with Crippen LogP contribution >= 0.6 is 23.5 Å². The van der Waals surface area contributed by atoms with E-state index in [1.54, 1.807) is 17.8 Å². The summed E-state index contributed by atoms with van der Waals surface area (Å²) in [5.74, 6) is 0. The largest absolute Gasteiger partial charge is 0.323 e. The molecular weight excluding hydrogens is 202 g/mol. The van der Waals surface area contributed by atoms with Crippen molar-refractivity contribution in [3.63, 3.8) is 0 Å². The van der Waals surface area contributed by atoms with Crippen LogP contribution in [0.3, 0.4) is 0 Å². The highest BCUT2D eigenvalue weighted by Crippen LogP contribution is 2.12. The Bertz CT molecular complexity index is 279. The molecule has 0 aromatic heterocycles. The van der Waals surface area contributed by atoms with Crippen LogP contribution in [0, 0.1) is 11.7 Å². The third-order valence-electron chi connectivity index (χ3n) is 0.693. The molecule has 0 heterocycles. The van der Waals surface area contributed by atoms with Crippen LogP contribution in [0.5, 0.6) is 0 Å². The molecule has 0 atom stereocenters. The van der Waals surface area contributed by atoms with Gasteiger partial charge in [-0.1, -0.05) is 0 Å². The van der Waals surface area contributed by atoms with E-state index in [0.717, 1.165) is 0 Å². The standard InChI is InChI=1S/C5H7NO2S3/c1-4-11(7,8)6-5(9-2)10-3/h1H,2-3H3. The van der Waals surface area contributed by atoms with E-state index in [2.05, 4.69) is 4.40 Å². The van der Waals surface area contributed by atoms with Crippen molar-refractivity contribution in [2.45, 2.75) is 0 Å². The van der Waals surface area contributed by atoms with Crippen LogP contribution in [0.1, 0.15) is 0 Å². The average molecular weight is 209 g/mol. The molecule has 0 bridgehead atoms. The molecule has 0 aromatic rings. The third-order valence-corrected chi connectivity index (χ3v) is 3.53. The molecule has 0 unspecified atom stereocenters. The molecule has 0 fully saturated rings. The molecule has 0 aromatic carbocycles. The van der Waals surface area contributed by atoms with Crippen LogP contribution in [0.2, 0.25) is 0 Å². The van der Waals surface area contributed by atoms with Gasteiger partial charge in [-0.15, -0.1) is 34.3 Å². The van der Waals surface area contributed by atoms with Gasteiger partial charge >= 0.3 is 10.0 Å². The van der Waals surface area contributed by atoms with Gasteiger partial charge in [0.1, 0.15) is 4.38 Å². The van der Waals surface area contributed by atoms with Crippen molar-refractivity contribution >= 4 is 37.9 Å². The molecule has 0 aliphatic heterocycles. The fraction of sp³-hybridized carbons (Fsp3) is 0.400. The SMILES string of the molecule is C#CS(=O)(=O)N=C(SC)SC. The van der Waals surface area contributed by atoms with Gasteiger partial charge < -0.3 is 0 Å². The van der Waals surface area contributed by atoms with E-state index in [9.17, 15) is 8.42 Å². The first kappa shape index (κ1) is 10.9. The van der Waals surface area contributed by atoms with Gasteiger partial charge in [0.2, 0.25) is 0 Å². The van der Waals surface area contributed by atoms with E-state index in [1.165, 1.54) is 23.5 Å². The Kier molecular flexibility index (Phi) is 4.65. The summed E-state index contributed by atoms with van der Waals surface area (Å²) >= 11 is 2.50. The Morgan fingerprint density at radius 3 is 2.18 bits per heavy atom. The predicted molar refractivity (Wildman–Crippen MR) is 52.2 cm³/mol. The second-order valence-electron chi connectivity index (χ2n) is 1.36. The molecule has 0 aliphatic rings. The highest BCUT2D eigenvalue weighted by molar-refractivity contribution is 8.38. The lowest BCUT2D eigenvalue weighted by Gasteiger charge is -1.93. The van der Waals surface area contributed by atoms with Crippen LogP contribution in [0.25, 0.3) is 0 Å². The van der Waals surface area contributed by atoms with E-state index in [0.29, 0.717) is 4.38 Å². The van der Waals surface area contributed by atoms with E-state index in [1.807, 2.05) is 0 Å². The van der Waals surface area contributed by atoms with Crippen LogP contribution in [-0.2, 0) is 10.0 Å². The summed E-state index contributed by atoms with van der Waals surface area (Å²) in [7, 11) is -3.67. The van der Waals surface area contributed by atoms with Gasteiger partial charge in [0, 0.05) is 5.25 Å². The fourth-order valence-electron chi connectivity index (χ4n) is 0.282. The molecule has 62 valence electrons. The first-order valence-corrected chi connectivity index (χ1v) is 6.35. The van der Waals surface area contributed by atoms with Gasteiger partial charge in [-0.3, -0.25) is 0 Å². The molecule has 0 N–H and O–H groups in total. The number of hydrogen-bond acceptors (Lipinski definition) is 4. The van der Waals surface area contributed by atoms with Crippen molar-refractivity contribution < 1.29 is 8.42 Å². The lowest BCUT2D eigenvalue weighted by molar-refractivity contribution is 0.608. The molecule has 0 saturated carbocycles. The zero-order valence-corrected chi connectivity index (χ0v) is 8.52. The van der Waals surface area contributed by atoms with E-state index < -0.39 is 10.0 Å². The number of nitrogens with zero attached hydrogens (tertiary/aromatic N) is 1. The number of sulfonamides is 1. The van der Waals surface area contributed by atoms with Gasteiger partial charge in [-0.2, -0.15) is 8.42 Å².